The predicted octanol–water partition coefficient (Wildman–Crippen LogP) is 3.61. The maximum absolute atomic E-state index is 14.5. The second-order valence-corrected chi connectivity index (χ2v) is 9.76. The first-order valence-electron chi connectivity index (χ1n) is 9.42. The summed E-state index contributed by atoms with van der Waals surface area (Å²) in [6.45, 7) is 5.19. The van der Waals surface area contributed by atoms with Crippen LogP contribution in [0.4, 0.5) is 9.18 Å². The quantitative estimate of drug-likeness (QED) is 0.594. The van der Waals surface area contributed by atoms with Crippen LogP contribution in [0.3, 0.4) is 0 Å². The fourth-order valence-corrected chi connectivity index (χ4v) is 4.11. The van der Waals surface area contributed by atoms with Crippen LogP contribution in [0.5, 0.6) is 0 Å². The molecular formula is C21H23FN4O4S. The highest BCUT2D eigenvalue weighted by Gasteiger charge is 2.27. The average Bonchev–Trinajstić information content (AvgIpc) is 3.12. The zero-order valence-electron chi connectivity index (χ0n) is 17.6. The zero-order valence-corrected chi connectivity index (χ0v) is 18.4. The maximum atomic E-state index is 14.5. The molecule has 31 heavy (non-hydrogen) atoms. The van der Waals surface area contributed by atoms with Crippen LogP contribution in [0.1, 0.15) is 26.5 Å². The largest absolute Gasteiger partial charge is 0.444 e. The second-order valence-electron chi connectivity index (χ2n) is 7.87. The molecule has 0 spiro atoms. The molecule has 0 unspecified atom stereocenters. The van der Waals surface area contributed by atoms with Crippen molar-refractivity contribution in [1.82, 2.24) is 19.7 Å². The Kier molecular flexibility index (Phi) is 6.12. The van der Waals surface area contributed by atoms with Crippen molar-refractivity contribution < 1.29 is 22.3 Å². The van der Waals surface area contributed by atoms with E-state index in [2.05, 4.69) is 10.1 Å². The number of nitrogens with zero attached hydrogens (tertiary/aromatic N) is 4. The van der Waals surface area contributed by atoms with Crippen molar-refractivity contribution >= 4 is 15.9 Å². The monoisotopic (exact) mass is 446 g/mol. The lowest BCUT2D eigenvalue weighted by Crippen LogP contribution is -2.33. The standard InChI is InChI=1S/C21H23FN4O4S/c1-21(2,3)30-20(27)25(4)14-15-12-19(31(28,29)16-8-7-11-23-13-16)26(24-15)18-10-6-5-9-17(18)22/h5-13H,14H2,1-4H3. The molecule has 8 nitrogen and oxygen atoms in total. The van der Waals surface area contributed by atoms with Crippen LogP contribution in [0.15, 0.2) is 64.8 Å². The summed E-state index contributed by atoms with van der Waals surface area (Å²) in [5.74, 6) is -0.639. The van der Waals surface area contributed by atoms with Gasteiger partial charge in [0.25, 0.3) is 0 Å². The van der Waals surface area contributed by atoms with Crippen LogP contribution in [-0.2, 0) is 21.1 Å². The minimum atomic E-state index is -4.06. The first-order valence-corrected chi connectivity index (χ1v) is 10.9. The van der Waals surface area contributed by atoms with Crippen molar-refractivity contribution in [2.24, 2.45) is 0 Å². The smallest absolute Gasteiger partial charge is 0.410 e. The number of halogens is 1. The van der Waals surface area contributed by atoms with Gasteiger partial charge in [0.05, 0.1) is 17.1 Å². The molecule has 0 aliphatic heterocycles. The number of ether oxygens (including phenoxy) is 1. The first-order chi connectivity index (χ1) is 14.5. The van der Waals surface area contributed by atoms with E-state index >= 15 is 0 Å². The molecule has 0 radical (unpaired) electrons. The van der Waals surface area contributed by atoms with Crippen molar-refractivity contribution in [2.75, 3.05) is 7.05 Å². The Hall–Kier alpha value is -3.27. The highest BCUT2D eigenvalue weighted by atomic mass is 32.2. The van der Waals surface area contributed by atoms with E-state index < -0.39 is 27.3 Å². The van der Waals surface area contributed by atoms with E-state index in [1.165, 1.54) is 60.7 Å². The van der Waals surface area contributed by atoms with Crippen LogP contribution in [-0.4, -0.2) is 46.8 Å². The van der Waals surface area contributed by atoms with E-state index in [0.29, 0.717) is 0 Å². The van der Waals surface area contributed by atoms with Gasteiger partial charge in [-0.05, 0) is 45.0 Å². The number of hydrogen-bond acceptors (Lipinski definition) is 6. The Morgan fingerprint density at radius 1 is 1.19 bits per heavy atom. The van der Waals surface area contributed by atoms with Crippen molar-refractivity contribution in [3.63, 3.8) is 0 Å². The highest BCUT2D eigenvalue weighted by molar-refractivity contribution is 7.91. The van der Waals surface area contributed by atoms with Gasteiger partial charge in [0.1, 0.15) is 17.1 Å². The number of carbonyl (C=O) groups excluding carboxylic acids is 1. The van der Waals surface area contributed by atoms with E-state index in [1.54, 1.807) is 26.8 Å². The number of aromatic nitrogens is 3. The van der Waals surface area contributed by atoms with E-state index in [1.807, 2.05) is 0 Å². The molecule has 3 aromatic rings. The van der Waals surface area contributed by atoms with Crippen LogP contribution >= 0.6 is 0 Å². The molecule has 0 atom stereocenters. The third kappa shape index (κ3) is 5.08. The zero-order chi connectivity index (χ0) is 22.8. The summed E-state index contributed by atoms with van der Waals surface area (Å²) >= 11 is 0. The summed E-state index contributed by atoms with van der Waals surface area (Å²) < 4.78 is 47.3. The van der Waals surface area contributed by atoms with Crippen molar-refractivity contribution in [3.8, 4) is 5.69 Å². The fourth-order valence-electron chi connectivity index (χ4n) is 2.75. The summed E-state index contributed by atoms with van der Waals surface area (Å²) in [5.41, 5.74) is -0.470. The van der Waals surface area contributed by atoms with Crippen LogP contribution < -0.4 is 0 Å². The van der Waals surface area contributed by atoms with Gasteiger partial charge in [-0.3, -0.25) is 4.98 Å². The van der Waals surface area contributed by atoms with Gasteiger partial charge < -0.3 is 9.64 Å². The molecule has 164 valence electrons. The number of pyridine rings is 1. The van der Waals surface area contributed by atoms with Gasteiger partial charge in [0.2, 0.25) is 9.84 Å². The molecule has 0 aliphatic rings. The minimum Gasteiger partial charge on any atom is -0.444 e. The Bertz CT molecular complexity index is 1190. The van der Waals surface area contributed by atoms with Crippen LogP contribution in [0.2, 0.25) is 0 Å². The molecule has 0 aliphatic carbocycles. The topological polar surface area (TPSA) is 94.4 Å². The van der Waals surface area contributed by atoms with Gasteiger partial charge >= 0.3 is 6.09 Å². The average molecular weight is 447 g/mol. The third-order valence-corrected chi connectivity index (χ3v) is 5.84. The Balaban J connectivity index is 2.05. The number of rotatable bonds is 5. The Morgan fingerprint density at radius 2 is 1.90 bits per heavy atom. The third-order valence-electron chi connectivity index (χ3n) is 4.13. The molecule has 0 fully saturated rings. The number of amides is 1. The fraction of sp³-hybridized carbons (Fsp3) is 0.286. The van der Waals surface area contributed by atoms with Gasteiger partial charge in [-0.2, -0.15) is 5.10 Å². The molecule has 2 heterocycles. The van der Waals surface area contributed by atoms with Crippen LogP contribution in [0.25, 0.3) is 5.69 Å². The second kappa shape index (κ2) is 8.46. The Morgan fingerprint density at radius 3 is 2.52 bits per heavy atom. The summed E-state index contributed by atoms with van der Waals surface area (Å²) in [6, 6.07) is 9.91. The van der Waals surface area contributed by atoms with Gasteiger partial charge in [0, 0.05) is 25.5 Å². The normalized spacial score (nSPS) is 11.9. The van der Waals surface area contributed by atoms with Gasteiger partial charge in [0.15, 0.2) is 5.03 Å². The van der Waals surface area contributed by atoms with Gasteiger partial charge in [-0.1, -0.05) is 12.1 Å². The SMILES string of the molecule is CN(Cc1cc(S(=O)(=O)c2cccnc2)n(-c2ccccc2F)n1)C(=O)OC(C)(C)C. The number of para-hydroxylation sites is 1. The van der Waals surface area contributed by atoms with Crippen molar-refractivity contribution in [2.45, 2.75) is 42.8 Å². The lowest BCUT2D eigenvalue weighted by molar-refractivity contribution is 0.0283. The predicted molar refractivity (Wildman–Crippen MR) is 111 cm³/mol. The van der Waals surface area contributed by atoms with Crippen LogP contribution in [0, 0.1) is 5.82 Å². The molecule has 1 aromatic carbocycles. The van der Waals surface area contributed by atoms with E-state index in [-0.39, 0.29) is 27.8 Å². The lowest BCUT2D eigenvalue weighted by atomic mass is 10.2. The molecule has 0 saturated carbocycles. The molecule has 2 aromatic heterocycles. The minimum absolute atomic E-state index is 0.0314. The molecule has 0 saturated heterocycles. The molecule has 10 heteroatoms. The number of benzene rings is 1. The molecule has 0 N–H and O–H groups in total. The molecular weight excluding hydrogens is 423 g/mol. The van der Waals surface area contributed by atoms with E-state index in [0.717, 1.165) is 4.68 Å². The molecule has 0 bridgehead atoms. The Labute approximate surface area is 180 Å². The number of hydrogen-bond donors (Lipinski definition) is 0. The lowest BCUT2D eigenvalue weighted by Gasteiger charge is -2.24. The van der Waals surface area contributed by atoms with Gasteiger partial charge in [-0.15, -0.1) is 0 Å². The first kappa shape index (κ1) is 22.4. The molecule has 3 rings (SSSR count). The summed E-state index contributed by atoms with van der Waals surface area (Å²) in [7, 11) is -2.56. The van der Waals surface area contributed by atoms with Gasteiger partial charge in [-0.25, -0.2) is 22.3 Å². The number of sulfone groups is 1. The summed E-state index contributed by atoms with van der Waals surface area (Å²) in [4.78, 5) is 17.3. The van der Waals surface area contributed by atoms with E-state index in [9.17, 15) is 17.6 Å². The summed E-state index contributed by atoms with van der Waals surface area (Å²) in [6.07, 6.45) is 2.07. The van der Waals surface area contributed by atoms with Crippen molar-refractivity contribution in [3.05, 3.63) is 66.4 Å². The van der Waals surface area contributed by atoms with Crippen molar-refractivity contribution in [1.29, 1.82) is 0 Å². The highest BCUT2D eigenvalue weighted by Crippen LogP contribution is 2.26. The van der Waals surface area contributed by atoms with E-state index in [4.69, 9.17) is 4.74 Å². The maximum Gasteiger partial charge on any atom is 0.410 e. The molecule has 1 amide bonds. The number of carbonyl (C=O) groups is 1. The summed E-state index contributed by atoms with van der Waals surface area (Å²) in [5, 5.41) is 4.04.